The first-order valence-electron chi connectivity index (χ1n) is 8.23. The zero-order valence-electron chi connectivity index (χ0n) is 13.0. The van der Waals surface area contributed by atoms with Crippen LogP contribution in [0.4, 0.5) is 0 Å². The maximum atomic E-state index is 6.21. The highest BCUT2D eigenvalue weighted by atomic mass is 16.5. The zero-order chi connectivity index (χ0) is 14.2. The number of hydrogen-bond donors (Lipinski definition) is 1. The molecule has 0 bridgehead atoms. The van der Waals surface area contributed by atoms with Gasteiger partial charge < -0.3 is 10.1 Å². The predicted octanol–water partition coefficient (Wildman–Crippen LogP) is 4.28. The minimum absolute atomic E-state index is 0.478. The van der Waals surface area contributed by atoms with Crippen LogP contribution in [0.5, 0.6) is 0 Å². The number of nitrogens with one attached hydrogen (secondary N) is 1. The van der Waals surface area contributed by atoms with Crippen LogP contribution in [0.25, 0.3) is 0 Å². The van der Waals surface area contributed by atoms with Gasteiger partial charge in [0, 0.05) is 6.54 Å². The molecule has 2 rings (SSSR count). The lowest BCUT2D eigenvalue weighted by atomic mass is 9.85. The topological polar surface area (TPSA) is 21.3 Å². The quantitative estimate of drug-likeness (QED) is 0.802. The zero-order valence-corrected chi connectivity index (χ0v) is 13.0. The van der Waals surface area contributed by atoms with Crippen molar-refractivity contribution in [3.05, 3.63) is 35.4 Å². The molecular formula is C18H29NO. The highest BCUT2D eigenvalue weighted by molar-refractivity contribution is 5.22. The van der Waals surface area contributed by atoms with E-state index in [1.807, 2.05) is 0 Å². The van der Waals surface area contributed by atoms with E-state index in [0.29, 0.717) is 6.10 Å². The molecule has 2 heteroatoms. The van der Waals surface area contributed by atoms with Gasteiger partial charge in [-0.05, 0) is 36.4 Å². The molecule has 0 heterocycles. The second kappa shape index (κ2) is 8.43. The van der Waals surface area contributed by atoms with E-state index in [-0.39, 0.29) is 0 Å². The molecule has 1 N–H and O–H groups in total. The van der Waals surface area contributed by atoms with Gasteiger partial charge in [-0.2, -0.15) is 0 Å². The summed E-state index contributed by atoms with van der Waals surface area (Å²) < 4.78 is 6.21. The Bertz CT molecular complexity index is 391. The predicted molar refractivity (Wildman–Crippen MR) is 84.6 cm³/mol. The molecule has 1 aromatic carbocycles. The molecule has 1 aliphatic rings. The lowest BCUT2D eigenvalue weighted by molar-refractivity contribution is -0.0222. The molecule has 2 unspecified atom stereocenters. The SMILES string of the molecule is CCNCc1cccc(COC2CCCCC2CC)c1. The van der Waals surface area contributed by atoms with E-state index in [9.17, 15) is 0 Å². The number of rotatable bonds is 7. The van der Waals surface area contributed by atoms with Crippen molar-refractivity contribution in [2.24, 2.45) is 5.92 Å². The highest BCUT2D eigenvalue weighted by Crippen LogP contribution is 2.29. The molecule has 1 aromatic rings. The normalized spacial score (nSPS) is 22.9. The molecule has 0 amide bonds. The van der Waals surface area contributed by atoms with E-state index >= 15 is 0 Å². The van der Waals surface area contributed by atoms with Crippen molar-refractivity contribution in [2.75, 3.05) is 6.54 Å². The van der Waals surface area contributed by atoms with Gasteiger partial charge in [0.2, 0.25) is 0 Å². The van der Waals surface area contributed by atoms with E-state index in [4.69, 9.17) is 4.74 Å². The van der Waals surface area contributed by atoms with Crippen LogP contribution in [0.3, 0.4) is 0 Å². The van der Waals surface area contributed by atoms with Crippen LogP contribution in [0.15, 0.2) is 24.3 Å². The Labute approximate surface area is 123 Å². The summed E-state index contributed by atoms with van der Waals surface area (Å²) in [5.41, 5.74) is 2.66. The maximum Gasteiger partial charge on any atom is 0.0720 e. The van der Waals surface area contributed by atoms with Crippen molar-refractivity contribution < 1.29 is 4.74 Å². The molecule has 0 aromatic heterocycles. The van der Waals surface area contributed by atoms with E-state index in [1.165, 1.54) is 43.2 Å². The Morgan fingerprint density at radius 2 is 1.95 bits per heavy atom. The molecule has 0 aliphatic heterocycles. The third-order valence-corrected chi connectivity index (χ3v) is 4.40. The lowest BCUT2D eigenvalue weighted by Gasteiger charge is -2.30. The average molecular weight is 275 g/mol. The summed E-state index contributed by atoms with van der Waals surface area (Å²) in [5, 5.41) is 3.37. The second-order valence-electron chi connectivity index (χ2n) is 5.90. The molecule has 1 fully saturated rings. The third kappa shape index (κ3) is 4.60. The second-order valence-corrected chi connectivity index (χ2v) is 5.90. The third-order valence-electron chi connectivity index (χ3n) is 4.40. The first kappa shape index (κ1) is 15.5. The van der Waals surface area contributed by atoms with E-state index < -0.39 is 0 Å². The van der Waals surface area contributed by atoms with E-state index in [2.05, 4.69) is 43.4 Å². The monoisotopic (exact) mass is 275 g/mol. The number of benzene rings is 1. The van der Waals surface area contributed by atoms with Crippen LogP contribution in [0.2, 0.25) is 0 Å². The number of hydrogen-bond acceptors (Lipinski definition) is 2. The molecule has 112 valence electrons. The Balaban J connectivity index is 1.86. The van der Waals surface area contributed by atoms with Gasteiger partial charge in [0.25, 0.3) is 0 Å². The Hall–Kier alpha value is -0.860. The average Bonchev–Trinajstić information content (AvgIpc) is 2.51. The molecule has 0 radical (unpaired) electrons. The largest absolute Gasteiger partial charge is 0.373 e. The lowest BCUT2D eigenvalue weighted by Crippen LogP contribution is -2.27. The fraction of sp³-hybridized carbons (Fsp3) is 0.667. The Morgan fingerprint density at radius 3 is 2.75 bits per heavy atom. The molecule has 20 heavy (non-hydrogen) atoms. The summed E-state index contributed by atoms with van der Waals surface area (Å²) in [4.78, 5) is 0. The fourth-order valence-corrected chi connectivity index (χ4v) is 3.16. The standard InChI is InChI=1S/C18H29NO/c1-3-17-10-5-6-11-18(17)20-14-16-9-7-8-15(12-16)13-19-4-2/h7-9,12,17-19H,3-6,10-11,13-14H2,1-2H3. The van der Waals surface area contributed by atoms with E-state index in [1.54, 1.807) is 0 Å². The Kier molecular flexibility index (Phi) is 6.55. The highest BCUT2D eigenvalue weighted by Gasteiger charge is 2.24. The smallest absolute Gasteiger partial charge is 0.0720 e. The summed E-state index contributed by atoms with van der Waals surface area (Å²) in [6.45, 7) is 7.16. The minimum Gasteiger partial charge on any atom is -0.373 e. The van der Waals surface area contributed by atoms with Gasteiger partial charge in [-0.3, -0.25) is 0 Å². The van der Waals surface area contributed by atoms with Crippen molar-refractivity contribution >= 4 is 0 Å². The molecule has 0 spiro atoms. The van der Waals surface area contributed by atoms with Crippen molar-refractivity contribution in [3.8, 4) is 0 Å². The first-order valence-corrected chi connectivity index (χ1v) is 8.23. The van der Waals surface area contributed by atoms with Crippen LogP contribution < -0.4 is 5.32 Å². The van der Waals surface area contributed by atoms with Crippen molar-refractivity contribution in [3.63, 3.8) is 0 Å². The Morgan fingerprint density at radius 1 is 1.15 bits per heavy atom. The van der Waals surface area contributed by atoms with Crippen LogP contribution in [-0.4, -0.2) is 12.6 Å². The van der Waals surface area contributed by atoms with Crippen molar-refractivity contribution in [1.82, 2.24) is 5.32 Å². The molecule has 2 nitrogen and oxygen atoms in total. The van der Waals surface area contributed by atoms with Crippen LogP contribution in [-0.2, 0) is 17.9 Å². The van der Waals surface area contributed by atoms with Crippen LogP contribution in [0.1, 0.15) is 57.1 Å². The number of ether oxygens (including phenoxy) is 1. The fourth-order valence-electron chi connectivity index (χ4n) is 3.16. The van der Waals surface area contributed by atoms with Gasteiger partial charge in [-0.15, -0.1) is 0 Å². The van der Waals surface area contributed by atoms with E-state index in [0.717, 1.165) is 25.6 Å². The molecule has 2 atom stereocenters. The molecule has 0 saturated heterocycles. The molecule has 1 saturated carbocycles. The van der Waals surface area contributed by atoms with Gasteiger partial charge in [0.15, 0.2) is 0 Å². The van der Waals surface area contributed by atoms with Gasteiger partial charge in [-0.1, -0.05) is 57.4 Å². The van der Waals surface area contributed by atoms with Gasteiger partial charge in [0.1, 0.15) is 0 Å². The van der Waals surface area contributed by atoms with Crippen molar-refractivity contribution in [1.29, 1.82) is 0 Å². The van der Waals surface area contributed by atoms with Crippen LogP contribution in [0, 0.1) is 5.92 Å². The summed E-state index contributed by atoms with van der Waals surface area (Å²) in [6.07, 6.45) is 7.05. The first-order chi connectivity index (χ1) is 9.83. The van der Waals surface area contributed by atoms with Gasteiger partial charge in [-0.25, -0.2) is 0 Å². The summed E-state index contributed by atoms with van der Waals surface area (Å²) in [7, 11) is 0. The maximum absolute atomic E-state index is 6.21. The van der Waals surface area contributed by atoms with Gasteiger partial charge in [0.05, 0.1) is 12.7 Å². The summed E-state index contributed by atoms with van der Waals surface area (Å²) in [5.74, 6) is 0.772. The molecular weight excluding hydrogens is 246 g/mol. The van der Waals surface area contributed by atoms with Crippen LogP contribution >= 0.6 is 0 Å². The van der Waals surface area contributed by atoms with Crippen molar-refractivity contribution in [2.45, 2.75) is 65.2 Å². The summed E-state index contributed by atoms with van der Waals surface area (Å²) >= 11 is 0. The molecule has 1 aliphatic carbocycles. The summed E-state index contributed by atoms with van der Waals surface area (Å²) in [6, 6.07) is 8.77. The van der Waals surface area contributed by atoms with Gasteiger partial charge >= 0.3 is 0 Å². The minimum atomic E-state index is 0.478.